The molecule has 0 amide bonds. The van der Waals surface area contributed by atoms with Gasteiger partial charge in [-0.2, -0.15) is 5.26 Å². The quantitative estimate of drug-likeness (QED) is 0.447. The van der Waals surface area contributed by atoms with Crippen molar-refractivity contribution in [3.63, 3.8) is 0 Å². The topological polar surface area (TPSA) is 70.7 Å². The highest BCUT2D eigenvalue weighted by Crippen LogP contribution is 2.40. The molecule has 0 saturated heterocycles. The smallest absolute Gasteiger partial charge is 0.153 e. The number of carbonyl (C=O) groups is 1. The third-order valence-electron chi connectivity index (χ3n) is 5.63. The van der Waals surface area contributed by atoms with Gasteiger partial charge in [0.2, 0.25) is 0 Å². The van der Waals surface area contributed by atoms with Crippen LogP contribution in [0.3, 0.4) is 0 Å². The van der Waals surface area contributed by atoms with Gasteiger partial charge in [0.1, 0.15) is 5.82 Å². The van der Waals surface area contributed by atoms with Crippen molar-refractivity contribution < 1.29 is 4.79 Å². The number of benzene rings is 2. The van der Waals surface area contributed by atoms with Crippen molar-refractivity contribution in [3.05, 3.63) is 89.2 Å². The monoisotopic (exact) mass is 392 g/mol. The van der Waals surface area contributed by atoms with E-state index in [-0.39, 0.29) is 0 Å². The standard InChI is InChI=1S/C25H20N4O/c26-13-19-3-1-2-4-20(19)15-29-10-9-18-12-23(7-8-24(18)29)28-25-22(16-30)11-21(14-27-25)17-5-6-17/h1-4,7-12,14,16-17H,5-6,15H2,(H,27,28). The van der Waals surface area contributed by atoms with Crippen LogP contribution in [0.1, 0.15) is 45.8 Å². The van der Waals surface area contributed by atoms with Gasteiger partial charge in [0, 0.05) is 35.5 Å². The lowest BCUT2D eigenvalue weighted by atomic mass is 10.1. The molecule has 2 heterocycles. The number of carbonyl (C=O) groups excluding carboxylic acids is 1. The Hall–Kier alpha value is -3.91. The number of aromatic nitrogens is 2. The van der Waals surface area contributed by atoms with E-state index in [0.717, 1.165) is 34.0 Å². The number of hydrogen-bond acceptors (Lipinski definition) is 4. The highest BCUT2D eigenvalue weighted by Gasteiger charge is 2.24. The molecule has 4 aromatic rings. The molecule has 0 bridgehead atoms. The maximum absolute atomic E-state index is 11.5. The number of hydrogen-bond donors (Lipinski definition) is 1. The fourth-order valence-electron chi connectivity index (χ4n) is 3.84. The number of aldehydes is 1. The molecule has 5 rings (SSSR count). The summed E-state index contributed by atoms with van der Waals surface area (Å²) in [6, 6.07) is 20.0. The summed E-state index contributed by atoms with van der Waals surface area (Å²) in [5.41, 5.74) is 5.39. The zero-order valence-electron chi connectivity index (χ0n) is 16.4. The van der Waals surface area contributed by atoms with Gasteiger partial charge < -0.3 is 9.88 Å². The van der Waals surface area contributed by atoms with E-state index in [4.69, 9.17) is 0 Å². The first-order valence-electron chi connectivity index (χ1n) is 10.0. The van der Waals surface area contributed by atoms with Crippen molar-refractivity contribution in [3.8, 4) is 6.07 Å². The van der Waals surface area contributed by atoms with Gasteiger partial charge in [-0.05, 0) is 66.3 Å². The first kappa shape index (κ1) is 18.1. The van der Waals surface area contributed by atoms with Crippen molar-refractivity contribution in [2.45, 2.75) is 25.3 Å². The Morgan fingerprint density at radius 1 is 1.17 bits per heavy atom. The summed E-state index contributed by atoms with van der Waals surface area (Å²) < 4.78 is 2.13. The van der Waals surface area contributed by atoms with Crippen LogP contribution >= 0.6 is 0 Å². The second kappa shape index (κ2) is 7.49. The van der Waals surface area contributed by atoms with Crippen LogP contribution in [0.25, 0.3) is 10.9 Å². The predicted octanol–water partition coefficient (Wildman–Crippen LogP) is 5.39. The fraction of sp³-hybridized carbons (Fsp3) is 0.160. The van der Waals surface area contributed by atoms with Gasteiger partial charge in [0.05, 0.1) is 17.2 Å². The maximum Gasteiger partial charge on any atom is 0.153 e. The Kier molecular flexibility index (Phi) is 4.53. The number of nitrogens with zero attached hydrogens (tertiary/aromatic N) is 3. The highest BCUT2D eigenvalue weighted by atomic mass is 16.1. The van der Waals surface area contributed by atoms with Crippen molar-refractivity contribution in [2.24, 2.45) is 0 Å². The van der Waals surface area contributed by atoms with Crippen LogP contribution in [0, 0.1) is 11.3 Å². The summed E-state index contributed by atoms with van der Waals surface area (Å²) in [6.07, 6.45) is 7.12. The molecule has 1 aliphatic rings. The van der Waals surface area contributed by atoms with Crippen molar-refractivity contribution >= 4 is 28.7 Å². The molecule has 5 nitrogen and oxygen atoms in total. The molecule has 0 unspecified atom stereocenters. The molecular weight excluding hydrogens is 372 g/mol. The second-order valence-corrected chi connectivity index (χ2v) is 7.71. The molecule has 2 aromatic carbocycles. The van der Waals surface area contributed by atoms with E-state index >= 15 is 0 Å². The van der Waals surface area contributed by atoms with Crippen LogP contribution in [0.5, 0.6) is 0 Å². The summed E-state index contributed by atoms with van der Waals surface area (Å²) in [4.78, 5) is 16.0. The van der Waals surface area contributed by atoms with Crippen LogP contribution in [0.4, 0.5) is 11.5 Å². The van der Waals surface area contributed by atoms with E-state index in [0.29, 0.717) is 29.4 Å². The first-order chi connectivity index (χ1) is 14.7. The largest absolute Gasteiger partial charge is 0.343 e. The first-order valence-corrected chi connectivity index (χ1v) is 10.0. The molecule has 146 valence electrons. The lowest BCUT2D eigenvalue weighted by Gasteiger charge is -2.11. The summed E-state index contributed by atoms with van der Waals surface area (Å²) >= 11 is 0. The van der Waals surface area contributed by atoms with E-state index in [1.54, 1.807) is 0 Å². The number of rotatable bonds is 6. The lowest BCUT2D eigenvalue weighted by Crippen LogP contribution is -2.01. The van der Waals surface area contributed by atoms with Crippen molar-refractivity contribution in [1.29, 1.82) is 5.26 Å². The zero-order chi connectivity index (χ0) is 20.5. The molecule has 5 heteroatoms. The molecular formula is C25H20N4O. The summed E-state index contributed by atoms with van der Waals surface area (Å²) in [7, 11) is 0. The highest BCUT2D eigenvalue weighted by molar-refractivity contribution is 5.88. The van der Waals surface area contributed by atoms with Crippen molar-refractivity contribution in [2.75, 3.05) is 5.32 Å². The molecule has 0 spiro atoms. The molecule has 1 N–H and O–H groups in total. The summed E-state index contributed by atoms with van der Waals surface area (Å²) in [6.45, 7) is 0.638. The van der Waals surface area contributed by atoms with E-state index in [1.165, 1.54) is 12.8 Å². The van der Waals surface area contributed by atoms with E-state index in [9.17, 15) is 10.1 Å². The zero-order valence-corrected chi connectivity index (χ0v) is 16.4. The fourth-order valence-corrected chi connectivity index (χ4v) is 3.84. The van der Waals surface area contributed by atoms with E-state index in [1.807, 2.05) is 60.9 Å². The summed E-state index contributed by atoms with van der Waals surface area (Å²) in [5, 5.41) is 13.7. The average Bonchev–Trinajstić information content (AvgIpc) is 3.56. The Morgan fingerprint density at radius 2 is 2.03 bits per heavy atom. The molecule has 30 heavy (non-hydrogen) atoms. The van der Waals surface area contributed by atoms with E-state index < -0.39 is 0 Å². The third-order valence-corrected chi connectivity index (χ3v) is 5.63. The van der Waals surface area contributed by atoms with Crippen LogP contribution < -0.4 is 5.32 Å². The van der Waals surface area contributed by atoms with Gasteiger partial charge in [-0.3, -0.25) is 4.79 Å². The Balaban J connectivity index is 1.41. The molecule has 1 fully saturated rings. The molecule has 2 aromatic heterocycles. The van der Waals surface area contributed by atoms with Crippen LogP contribution in [0.2, 0.25) is 0 Å². The Labute approximate surface area is 174 Å². The van der Waals surface area contributed by atoms with E-state index in [2.05, 4.69) is 27.0 Å². The average molecular weight is 392 g/mol. The van der Waals surface area contributed by atoms with Crippen LogP contribution in [-0.4, -0.2) is 15.8 Å². The molecule has 0 radical (unpaired) electrons. The minimum absolute atomic E-state index is 0.563. The van der Waals surface area contributed by atoms with Crippen LogP contribution in [-0.2, 0) is 6.54 Å². The van der Waals surface area contributed by atoms with Crippen LogP contribution in [0.15, 0.2) is 67.0 Å². The third kappa shape index (κ3) is 3.44. The number of anilines is 2. The maximum atomic E-state index is 11.5. The van der Waals surface area contributed by atoms with Crippen molar-refractivity contribution in [1.82, 2.24) is 9.55 Å². The Morgan fingerprint density at radius 3 is 2.83 bits per heavy atom. The molecule has 0 atom stereocenters. The van der Waals surface area contributed by atoms with Gasteiger partial charge in [0.15, 0.2) is 6.29 Å². The molecule has 1 aliphatic carbocycles. The number of pyridine rings is 1. The predicted molar refractivity (Wildman–Crippen MR) is 117 cm³/mol. The van der Waals surface area contributed by atoms with Gasteiger partial charge in [0.25, 0.3) is 0 Å². The minimum atomic E-state index is 0.563. The van der Waals surface area contributed by atoms with Gasteiger partial charge in [-0.15, -0.1) is 0 Å². The molecule has 0 aliphatic heterocycles. The molecule has 1 saturated carbocycles. The van der Waals surface area contributed by atoms with Gasteiger partial charge >= 0.3 is 0 Å². The number of nitriles is 1. The second-order valence-electron chi connectivity index (χ2n) is 7.71. The SMILES string of the molecule is N#Cc1ccccc1Cn1ccc2cc(Nc3ncc(C4CC4)cc3C=O)ccc21. The summed E-state index contributed by atoms with van der Waals surface area (Å²) in [5.74, 6) is 1.14. The number of nitrogens with one attached hydrogen (secondary N) is 1. The Bertz CT molecular complexity index is 1290. The number of fused-ring (bicyclic) bond motifs is 1. The van der Waals surface area contributed by atoms with Gasteiger partial charge in [-0.25, -0.2) is 4.98 Å². The minimum Gasteiger partial charge on any atom is -0.343 e. The lowest BCUT2D eigenvalue weighted by molar-refractivity contribution is 0.112. The normalized spacial score (nSPS) is 13.2. The van der Waals surface area contributed by atoms with Gasteiger partial charge in [-0.1, -0.05) is 18.2 Å².